The zero-order valence-corrected chi connectivity index (χ0v) is 12.6. The number of nitrogens with zero attached hydrogens (tertiary/aromatic N) is 2. The molecule has 5 nitrogen and oxygen atoms in total. The van der Waals surface area contributed by atoms with E-state index in [-0.39, 0.29) is 24.0 Å². The summed E-state index contributed by atoms with van der Waals surface area (Å²) in [4.78, 5) is 27.9. The van der Waals surface area contributed by atoms with Crippen molar-refractivity contribution in [2.75, 3.05) is 26.2 Å². The number of hydrogen-bond acceptors (Lipinski definition) is 4. The third kappa shape index (κ3) is 4.20. The number of piperidine rings is 2. The second-order valence-electron chi connectivity index (χ2n) is 6.12. The highest BCUT2D eigenvalue weighted by Crippen LogP contribution is 2.18. The van der Waals surface area contributed by atoms with Crippen LogP contribution in [0.4, 0.5) is 0 Å². The molecule has 2 rings (SSSR count). The van der Waals surface area contributed by atoms with E-state index < -0.39 is 0 Å². The van der Waals surface area contributed by atoms with Crippen LogP contribution in [0, 0.1) is 0 Å². The summed E-state index contributed by atoms with van der Waals surface area (Å²) in [5.74, 6) is -0.0790. The Morgan fingerprint density at radius 2 is 1.95 bits per heavy atom. The highest BCUT2D eigenvalue weighted by atomic mass is 16.5. The molecule has 2 fully saturated rings. The molecule has 5 heteroatoms. The first kappa shape index (κ1) is 15.3. The number of hydrogen-bond donors (Lipinski definition) is 0. The first-order valence-corrected chi connectivity index (χ1v) is 7.77. The van der Waals surface area contributed by atoms with Crippen molar-refractivity contribution in [1.82, 2.24) is 9.80 Å². The number of rotatable bonds is 4. The van der Waals surface area contributed by atoms with Crippen molar-refractivity contribution in [3.63, 3.8) is 0 Å². The molecule has 0 aromatic rings. The largest absolute Gasteiger partial charge is 0.461 e. The number of amides is 1. The van der Waals surface area contributed by atoms with Gasteiger partial charge in [-0.2, -0.15) is 0 Å². The van der Waals surface area contributed by atoms with Crippen LogP contribution in [0.2, 0.25) is 0 Å². The molecule has 0 aromatic carbocycles. The van der Waals surface area contributed by atoms with Gasteiger partial charge in [-0.15, -0.1) is 0 Å². The fraction of sp³-hybridized carbons (Fsp3) is 0.867. The normalized spacial score (nSPS) is 25.1. The molecule has 0 bridgehead atoms. The summed E-state index contributed by atoms with van der Waals surface area (Å²) < 4.78 is 5.46. The molecule has 1 amide bonds. The summed E-state index contributed by atoms with van der Waals surface area (Å²) in [6.07, 6.45) is 4.46. The molecule has 0 aromatic heterocycles. The van der Waals surface area contributed by atoms with Crippen LogP contribution in [0.25, 0.3) is 0 Å². The van der Waals surface area contributed by atoms with Crippen LogP contribution in [0.1, 0.15) is 46.0 Å². The van der Waals surface area contributed by atoms with E-state index in [0.29, 0.717) is 19.5 Å². The van der Waals surface area contributed by atoms with Gasteiger partial charge in [-0.25, -0.2) is 0 Å². The second kappa shape index (κ2) is 7.07. The van der Waals surface area contributed by atoms with Crippen molar-refractivity contribution >= 4 is 11.9 Å². The average Bonchev–Trinajstić information content (AvgIpc) is 2.39. The van der Waals surface area contributed by atoms with E-state index in [0.717, 1.165) is 19.5 Å². The standard InChI is InChI=1S/C15H26N2O3/c1-12(2)17-9-6-13(10-14(17)18)20-15(19)11-16-7-4-3-5-8-16/h12-13H,3-11H2,1-2H3. The van der Waals surface area contributed by atoms with Crippen LogP contribution in [0.15, 0.2) is 0 Å². The van der Waals surface area contributed by atoms with Gasteiger partial charge in [-0.05, 0) is 39.8 Å². The van der Waals surface area contributed by atoms with Crippen LogP contribution in [-0.2, 0) is 14.3 Å². The molecule has 1 atom stereocenters. The molecule has 20 heavy (non-hydrogen) atoms. The van der Waals surface area contributed by atoms with Crippen LogP contribution < -0.4 is 0 Å². The van der Waals surface area contributed by atoms with E-state index in [1.165, 1.54) is 19.3 Å². The van der Waals surface area contributed by atoms with Crippen LogP contribution in [0.5, 0.6) is 0 Å². The molecule has 2 heterocycles. The van der Waals surface area contributed by atoms with E-state index in [9.17, 15) is 9.59 Å². The van der Waals surface area contributed by atoms with Crippen molar-refractivity contribution < 1.29 is 14.3 Å². The molecule has 2 aliphatic heterocycles. The predicted octanol–water partition coefficient (Wildman–Crippen LogP) is 1.41. The topological polar surface area (TPSA) is 49.9 Å². The van der Waals surface area contributed by atoms with E-state index in [4.69, 9.17) is 4.74 Å². The predicted molar refractivity (Wildman–Crippen MR) is 76.3 cm³/mol. The van der Waals surface area contributed by atoms with Crippen molar-refractivity contribution in [2.24, 2.45) is 0 Å². The SMILES string of the molecule is CC(C)N1CCC(OC(=O)CN2CCCCC2)CC1=O. The smallest absolute Gasteiger partial charge is 0.320 e. The molecule has 0 radical (unpaired) electrons. The quantitative estimate of drug-likeness (QED) is 0.732. The molecule has 1 unspecified atom stereocenters. The van der Waals surface area contributed by atoms with Gasteiger partial charge >= 0.3 is 5.97 Å². The van der Waals surface area contributed by atoms with Gasteiger partial charge in [0.2, 0.25) is 5.91 Å². The number of ether oxygens (including phenoxy) is 1. The molecule has 0 spiro atoms. The van der Waals surface area contributed by atoms with Gasteiger partial charge in [0.25, 0.3) is 0 Å². The van der Waals surface area contributed by atoms with Crippen molar-refractivity contribution in [3.05, 3.63) is 0 Å². The zero-order valence-electron chi connectivity index (χ0n) is 12.6. The Kier molecular flexibility index (Phi) is 5.40. The maximum Gasteiger partial charge on any atom is 0.320 e. The molecular weight excluding hydrogens is 256 g/mol. The summed E-state index contributed by atoms with van der Waals surface area (Å²) in [6.45, 7) is 7.07. The maximum absolute atomic E-state index is 11.9. The van der Waals surface area contributed by atoms with Gasteiger partial charge in [-0.1, -0.05) is 6.42 Å². The Hall–Kier alpha value is -1.10. The van der Waals surface area contributed by atoms with Crippen molar-refractivity contribution in [1.29, 1.82) is 0 Å². The van der Waals surface area contributed by atoms with Gasteiger partial charge in [-0.3, -0.25) is 14.5 Å². The summed E-state index contributed by atoms with van der Waals surface area (Å²) >= 11 is 0. The lowest BCUT2D eigenvalue weighted by Gasteiger charge is -2.34. The molecule has 0 saturated carbocycles. The van der Waals surface area contributed by atoms with E-state index in [2.05, 4.69) is 4.90 Å². The van der Waals surface area contributed by atoms with Crippen LogP contribution >= 0.6 is 0 Å². The number of carbonyl (C=O) groups excluding carboxylic acids is 2. The lowest BCUT2D eigenvalue weighted by atomic mass is 10.1. The summed E-state index contributed by atoms with van der Waals surface area (Å²) in [5.41, 5.74) is 0. The minimum Gasteiger partial charge on any atom is -0.461 e. The van der Waals surface area contributed by atoms with Gasteiger partial charge in [0, 0.05) is 19.0 Å². The number of likely N-dealkylation sites (tertiary alicyclic amines) is 2. The summed E-state index contributed by atoms with van der Waals surface area (Å²) in [7, 11) is 0. The summed E-state index contributed by atoms with van der Waals surface area (Å²) in [5, 5.41) is 0. The highest BCUT2D eigenvalue weighted by molar-refractivity contribution is 5.79. The highest BCUT2D eigenvalue weighted by Gasteiger charge is 2.29. The second-order valence-corrected chi connectivity index (χ2v) is 6.12. The third-order valence-electron chi connectivity index (χ3n) is 4.14. The number of esters is 1. The third-order valence-corrected chi connectivity index (χ3v) is 4.14. The van der Waals surface area contributed by atoms with Crippen LogP contribution in [0.3, 0.4) is 0 Å². The molecule has 114 valence electrons. The Morgan fingerprint density at radius 1 is 1.25 bits per heavy atom. The van der Waals surface area contributed by atoms with Gasteiger partial charge in [0.05, 0.1) is 13.0 Å². The monoisotopic (exact) mass is 282 g/mol. The molecule has 2 saturated heterocycles. The Balaban J connectivity index is 1.73. The Morgan fingerprint density at radius 3 is 2.55 bits per heavy atom. The van der Waals surface area contributed by atoms with Gasteiger partial charge in [0.1, 0.15) is 6.10 Å². The Bertz CT molecular complexity index is 351. The fourth-order valence-corrected chi connectivity index (χ4v) is 2.99. The first-order valence-electron chi connectivity index (χ1n) is 7.77. The Labute approximate surface area is 121 Å². The molecule has 2 aliphatic rings. The summed E-state index contributed by atoms with van der Waals surface area (Å²) in [6, 6.07) is 0.229. The van der Waals surface area contributed by atoms with E-state index in [1.54, 1.807) is 0 Å². The molecule has 0 aliphatic carbocycles. The van der Waals surface area contributed by atoms with Gasteiger partial charge < -0.3 is 9.64 Å². The van der Waals surface area contributed by atoms with Gasteiger partial charge in [0.15, 0.2) is 0 Å². The average molecular weight is 282 g/mol. The zero-order chi connectivity index (χ0) is 14.5. The first-order chi connectivity index (χ1) is 9.56. The van der Waals surface area contributed by atoms with Crippen molar-refractivity contribution in [2.45, 2.75) is 58.1 Å². The number of carbonyl (C=O) groups is 2. The minimum absolute atomic E-state index is 0.0991. The molecular formula is C15H26N2O3. The lowest BCUT2D eigenvalue weighted by Crippen LogP contribution is -2.46. The van der Waals surface area contributed by atoms with Crippen molar-refractivity contribution in [3.8, 4) is 0 Å². The van der Waals surface area contributed by atoms with E-state index in [1.807, 2.05) is 18.7 Å². The maximum atomic E-state index is 11.9. The van der Waals surface area contributed by atoms with Crippen LogP contribution in [-0.4, -0.2) is 60.0 Å². The van der Waals surface area contributed by atoms with E-state index >= 15 is 0 Å². The lowest BCUT2D eigenvalue weighted by molar-refractivity contribution is -0.157. The molecule has 0 N–H and O–H groups in total. The fourth-order valence-electron chi connectivity index (χ4n) is 2.99. The minimum atomic E-state index is -0.227.